The molecule has 0 heterocycles. The highest BCUT2D eigenvalue weighted by Crippen LogP contribution is 2.55. The summed E-state index contributed by atoms with van der Waals surface area (Å²) in [5, 5.41) is 35.2. The molecule has 3 aromatic carbocycles. The van der Waals surface area contributed by atoms with Crippen LogP contribution in [0.1, 0.15) is 45.5 Å². The zero-order valence-electron chi connectivity index (χ0n) is 21.7. The highest BCUT2D eigenvalue weighted by molar-refractivity contribution is 6.31. The molecule has 2 fully saturated rings. The number of carbonyl (C=O) groups excluding carboxylic acids is 6. The number of aromatic hydroxyl groups is 1. The Bertz CT molecular complexity index is 1740. The van der Waals surface area contributed by atoms with E-state index in [1.807, 2.05) is 6.07 Å². The Morgan fingerprint density at radius 1 is 0.976 bits per heavy atom. The van der Waals surface area contributed by atoms with Crippen LogP contribution >= 0.6 is 0 Å². The molecule has 2 unspecified atom stereocenters. The molecule has 0 saturated heterocycles. The van der Waals surface area contributed by atoms with Crippen LogP contribution in [-0.2, 0) is 19.2 Å². The minimum atomic E-state index is -2.98. The summed E-state index contributed by atoms with van der Waals surface area (Å²) in [7, 11) is 0. The van der Waals surface area contributed by atoms with E-state index in [1.54, 1.807) is 43.3 Å². The first-order chi connectivity index (χ1) is 19.4. The molecule has 0 aromatic heterocycles. The molecule has 2 saturated carbocycles. The summed E-state index contributed by atoms with van der Waals surface area (Å²) in [5.41, 5.74) is 4.02. The summed E-state index contributed by atoms with van der Waals surface area (Å²) in [4.78, 5) is 77.3. The first kappa shape index (κ1) is 26.7. The average Bonchev–Trinajstić information content (AvgIpc) is 2.94. The second-order valence-corrected chi connectivity index (χ2v) is 11.1. The van der Waals surface area contributed by atoms with Gasteiger partial charge in [0.1, 0.15) is 5.75 Å². The van der Waals surface area contributed by atoms with Gasteiger partial charge in [0.05, 0.1) is 17.6 Å². The van der Waals surface area contributed by atoms with Crippen molar-refractivity contribution in [3.8, 4) is 16.9 Å². The number of aliphatic hydroxyl groups is 2. The molecule has 10 nitrogen and oxygen atoms in total. The van der Waals surface area contributed by atoms with Crippen molar-refractivity contribution in [2.45, 2.75) is 31.0 Å². The molecule has 7 atom stereocenters. The Balaban J connectivity index is 1.57. The van der Waals surface area contributed by atoms with Crippen LogP contribution in [0.15, 0.2) is 48.5 Å². The smallest absolute Gasteiger partial charge is 0.235 e. The van der Waals surface area contributed by atoms with Gasteiger partial charge in [-0.05, 0) is 39.4 Å². The maximum absolute atomic E-state index is 14.0. The van der Waals surface area contributed by atoms with Gasteiger partial charge in [0, 0.05) is 23.8 Å². The standard InChI is InChI=1S/C31H25NO9/c1-12-21-17(16-7-6-13(11-33)14-4-2-3-5-15(14)16)8-9-19(34)23(21)27(37)25-22(12)26(36)18-10-20(35)24(30(32)40)28(38)31(18,41)29(25)39/h2-9,11-12,18,22,24-26,34,36,41H,10H2,1H3,(H2,32,40)/t12-,18+,22+,24?,25?,26+,31+/m0/s1. The lowest BCUT2D eigenvalue weighted by Crippen LogP contribution is -2.72. The number of phenols is 1. The van der Waals surface area contributed by atoms with E-state index in [1.165, 1.54) is 6.07 Å². The number of aliphatic hydroxyl groups excluding tert-OH is 1. The van der Waals surface area contributed by atoms with E-state index >= 15 is 0 Å². The van der Waals surface area contributed by atoms with Gasteiger partial charge in [-0.2, -0.15) is 0 Å². The normalized spacial score (nSPS) is 30.9. The largest absolute Gasteiger partial charge is 0.507 e. The SMILES string of the molecule is C[C@H]1c2c(-c3ccc(C=O)c4ccccc34)ccc(O)c2C(=O)C2C(=O)[C@]3(O)C(=O)C(C(N)=O)C(=O)C[C@@H]3[C@@H](O)[C@@H]21. The number of ketones is 4. The fourth-order valence-corrected chi connectivity index (χ4v) is 7.33. The minimum absolute atomic E-state index is 0.187. The van der Waals surface area contributed by atoms with Gasteiger partial charge < -0.3 is 21.1 Å². The highest BCUT2D eigenvalue weighted by Gasteiger charge is 2.70. The van der Waals surface area contributed by atoms with E-state index in [0.717, 1.165) is 6.29 Å². The van der Waals surface area contributed by atoms with Crippen molar-refractivity contribution in [3.63, 3.8) is 0 Å². The summed E-state index contributed by atoms with van der Waals surface area (Å²) in [6.45, 7) is 1.66. The van der Waals surface area contributed by atoms with E-state index in [-0.39, 0.29) is 5.56 Å². The Morgan fingerprint density at radius 2 is 1.63 bits per heavy atom. The van der Waals surface area contributed by atoms with Crippen LogP contribution in [0, 0.1) is 23.7 Å². The quantitative estimate of drug-likeness (QED) is 0.274. The monoisotopic (exact) mass is 555 g/mol. The second kappa shape index (κ2) is 8.98. The third-order valence-electron chi connectivity index (χ3n) is 9.21. The number of Topliss-reactive ketones (excluding diaryl/α,β-unsaturated/α-hetero) is 4. The van der Waals surface area contributed by atoms with Gasteiger partial charge in [-0.1, -0.05) is 49.4 Å². The van der Waals surface area contributed by atoms with Crippen molar-refractivity contribution in [1.82, 2.24) is 0 Å². The summed E-state index contributed by atoms with van der Waals surface area (Å²) in [6, 6.07) is 13.4. The van der Waals surface area contributed by atoms with Gasteiger partial charge in [0.15, 0.2) is 40.9 Å². The highest BCUT2D eigenvalue weighted by atomic mass is 16.3. The Kier molecular flexibility index (Phi) is 5.84. The molecule has 6 rings (SSSR count). The van der Waals surface area contributed by atoms with Gasteiger partial charge in [0.2, 0.25) is 5.91 Å². The van der Waals surface area contributed by atoms with Crippen molar-refractivity contribution in [2.75, 3.05) is 0 Å². The van der Waals surface area contributed by atoms with Crippen LogP contribution in [-0.4, -0.2) is 62.4 Å². The summed E-state index contributed by atoms with van der Waals surface area (Å²) in [5.74, 6) is -13.6. The maximum atomic E-state index is 14.0. The molecule has 10 heteroatoms. The van der Waals surface area contributed by atoms with E-state index in [4.69, 9.17) is 5.73 Å². The lowest BCUT2D eigenvalue weighted by Gasteiger charge is -2.53. The van der Waals surface area contributed by atoms with Gasteiger partial charge >= 0.3 is 0 Å². The third-order valence-corrected chi connectivity index (χ3v) is 9.21. The van der Waals surface area contributed by atoms with Gasteiger partial charge in [-0.25, -0.2) is 0 Å². The van der Waals surface area contributed by atoms with Gasteiger partial charge in [-0.15, -0.1) is 0 Å². The molecule has 3 aromatic rings. The van der Waals surface area contributed by atoms with E-state index < -0.39 is 82.5 Å². The average molecular weight is 556 g/mol. The number of rotatable bonds is 3. The number of carbonyl (C=O) groups is 6. The number of nitrogens with two attached hydrogens (primary N) is 1. The van der Waals surface area contributed by atoms with Crippen LogP contribution in [0.4, 0.5) is 0 Å². The van der Waals surface area contributed by atoms with Crippen molar-refractivity contribution in [1.29, 1.82) is 0 Å². The predicted molar refractivity (Wildman–Crippen MR) is 143 cm³/mol. The lowest BCUT2D eigenvalue weighted by atomic mass is 9.50. The molecular weight excluding hydrogens is 530 g/mol. The lowest BCUT2D eigenvalue weighted by molar-refractivity contribution is -0.189. The van der Waals surface area contributed by atoms with Crippen molar-refractivity contribution in [3.05, 3.63) is 65.2 Å². The molecule has 0 aliphatic heterocycles. The van der Waals surface area contributed by atoms with Gasteiger partial charge in [0.25, 0.3) is 0 Å². The van der Waals surface area contributed by atoms with Crippen LogP contribution in [0.25, 0.3) is 21.9 Å². The number of primary amides is 1. The number of benzene rings is 3. The molecule has 1 amide bonds. The number of hydrogen-bond acceptors (Lipinski definition) is 9. The molecule has 208 valence electrons. The number of phenolic OH excluding ortho intramolecular Hbond substituents is 1. The van der Waals surface area contributed by atoms with E-state index in [2.05, 4.69) is 0 Å². The number of amides is 1. The maximum Gasteiger partial charge on any atom is 0.235 e. The molecule has 3 aliphatic rings. The molecular formula is C31H25NO9. The van der Waals surface area contributed by atoms with Crippen LogP contribution < -0.4 is 5.73 Å². The topological polar surface area (TPSA) is 189 Å². The third kappa shape index (κ3) is 3.37. The first-order valence-corrected chi connectivity index (χ1v) is 13.1. The number of hydrogen-bond donors (Lipinski definition) is 4. The van der Waals surface area contributed by atoms with E-state index in [0.29, 0.717) is 33.0 Å². The van der Waals surface area contributed by atoms with Crippen molar-refractivity contribution >= 4 is 46.1 Å². The van der Waals surface area contributed by atoms with Crippen molar-refractivity contribution in [2.24, 2.45) is 29.4 Å². The second-order valence-electron chi connectivity index (χ2n) is 11.1. The van der Waals surface area contributed by atoms with Crippen LogP contribution in [0.2, 0.25) is 0 Å². The zero-order valence-corrected chi connectivity index (χ0v) is 21.7. The first-order valence-electron chi connectivity index (χ1n) is 13.1. The van der Waals surface area contributed by atoms with Gasteiger partial charge in [-0.3, -0.25) is 28.8 Å². The predicted octanol–water partition coefficient (Wildman–Crippen LogP) is 1.49. The summed E-state index contributed by atoms with van der Waals surface area (Å²) < 4.78 is 0. The number of fused-ring (bicyclic) bond motifs is 4. The molecule has 3 aliphatic carbocycles. The Labute approximate surface area is 232 Å². The molecule has 5 N–H and O–H groups in total. The molecule has 0 spiro atoms. The molecule has 41 heavy (non-hydrogen) atoms. The molecule has 0 radical (unpaired) electrons. The zero-order chi connectivity index (χ0) is 29.5. The fourth-order valence-electron chi connectivity index (χ4n) is 7.33. The number of aldehydes is 1. The van der Waals surface area contributed by atoms with E-state index in [9.17, 15) is 44.1 Å². The van der Waals surface area contributed by atoms with Crippen molar-refractivity contribution < 1.29 is 44.1 Å². The Hall–Kier alpha value is -4.54. The van der Waals surface area contributed by atoms with Crippen LogP contribution in [0.3, 0.4) is 0 Å². The molecule has 0 bridgehead atoms. The summed E-state index contributed by atoms with van der Waals surface area (Å²) >= 11 is 0. The minimum Gasteiger partial charge on any atom is -0.507 e. The van der Waals surface area contributed by atoms with Crippen LogP contribution in [0.5, 0.6) is 5.75 Å². The Morgan fingerprint density at radius 3 is 2.29 bits per heavy atom. The fraction of sp³-hybridized carbons (Fsp3) is 0.290. The summed E-state index contributed by atoms with van der Waals surface area (Å²) in [6.07, 6.45) is -1.60.